The van der Waals surface area contributed by atoms with Crippen LogP contribution in [0.3, 0.4) is 0 Å². The summed E-state index contributed by atoms with van der Waals surface area (Å²) in [6.45, 7) is 3.13. The molecule has 1 heterocycles. The van der Waals surface area contributed by atoms with Gasteiger partial charge in [-0.05, 0) is 31.2 Å². The standard InChI is InChI=1S/C17H21N3O2/c1-13(22-12-15-7-8-15)16(21)19-17-18-9-10-20(17)11-14-5-3-2-4-6-14/h2-6,9-10,13,15H,7-8,11-12H2,1H3,(H,18,19,21)/t13-/m0/s1. The summed E-state index contributed by atoms with van der Waals surface area (Å²) < 4.78 is 7.50. The largest absolute Gasteiger partial charge is 0.368 e. The number of nitrogens with one attached hydrogen (secondary N) is 1. The first-order valence-electron chi connectivity index (χ1n) is 7.70. The number of hydrogen-bond donors (Lipinski definition) is 1. The molecular formula is C17H21N3O2. The Kier molecular flexibility index (Phi) is 4.53. The lowest BCUT2D eigenvalue weighted by atomic mass is 10.2. The molecule has 0 bridgehead atoms. The van der Waals surface area contributed by atoms with E-state index in [9.17, 15) is 4.79 Å². The highest BCUT2D eigenvalue weighted by molar-refractivity contribution is 5.92. The Morgan fingerprint density at radius 1 is 1.41 bits per heavy atom. The van der Waals surface area contributed by atoms with E-state index < -0.39 is 6.10 Å². The van der Waals surface area contributed by atoms with E-state index in [1.54, 1.807) is 13.1 Å². The maximum absolute atomic E-state index is 12.2. The molecule has 1 amide bonds. The normalized spacial score (nSPS) is 15.5. The van der Waals surface area contributed by atoms with Gasteiger partial charge < -0.3 is 9.30 Å². The van der Waals surface area contributed by atoms with Gasteiger partial charge in [-0.1, -0.05) is 30.3 Å². The number of carbonyl (C=O) groups excluding carboxylic acids is 1. The third-order valence-electron chi connectivity index (χ3n) is 3.79. The minimum absolute atomic E-state index is 0.152. The second-order valence-corrected chi connectivity index (χ2v) is 5.77. The summed E-state index contributed by atoms with van der Waals surface area (Å²) in [6, 6.07) is 10.1. The van der Waals surface area contributed by atoms with Gasteiger partial charge in [-0.2, -0.15) is 0 Å². The van der Waals surface area contributed by atoms with Gasteiger partial charge in [-0.25, -0.2) is 4.98 Å². The number of anilines is 1. The summed E-state index contributed by atoms with van der Waals surface area (Å²) in [5.74, 6) is 1.05. The predicted molar refractivity (Wildman–Crippen MR) is 84.5 cm³/mol. The molecule has 3 rings (SSSR count). The zero-order valence-electron chi connectivity index (χ0n) is 12.7. The highest BCUT2D eigenvalue weighted by Gasteiger charge is 2.24. The second-order valence-electron chi connectivity index (χ2n) is 5.77. The first-order valence-corrected chi connectivity index (χ1v) is 7.70. The van der Waals surface area contributed by atoms with E-state index >= 15 is 0 Å². The van der Waals surface area contributed by atoms with Gasteiger partial charge in [0.15, 0.2) is 0 Å². The predicted octanol–water partition coefficient (Wildman–Crippen LogP) is 2.69. The minimum atomic E-state index is -0.456. The van der Waals surface area contributed by atoms with Crippen LogP contribution in [0.1, 0.15) is 25.3 Å². The van der Waals surface area contributed by atoms with Crippen LogP contribution in [0.5, 0.6) is 0 Å². The van der Waals surface area contributed by atoms with Gasteiger partial charge in [0, 0.05) is 12.4 Å². The van der Waals surface area contributed by atoms with E-state index in [2.05, 4.69) is 10.3 Å². The van der Waals surface area contributed by atoms with Crippen molar-refractivity contribution < 1.29 is 9.53 Å². The van der Waals surface area contributed by atoms with Crippen LogP contribution in [0.4, 0.5) is 5.95 Å². The Balaban J connectivity index is 1.57. The number of benzene rings is 1. The molecular weight excluding hydrogens is 278 g/mol. The third kappa shape index (κ3) is 3.95. The van der Waals surface area contributed by atoms with Crippen molar-refractivity contribution >= 4 is 11.9 Å². The first-order chi connectivity index (χ1) is 10.7. The Morgan fingerprint density at radius 3 is 2.91 bits per heavy atom. The SMILES string of the molecule is C[C@H](OCC1CC1)C(=O)Nc1nccn1Cc1ccccc1. The number of ether oxygens (including phenoxy) is 1. The van der Waals surface area contributed by atoms with Gasteiger partial charge in [0.1, 0.15) is 6.10 Å². The molecule has 1 aromatic heterocycles. The van der Waals surface area contributed by atoms with Crippen LogP contribution in [-0.4, -0.2) is 28.2 Å². The highest BCUT2D eigenvalue weighted by atomic mass is 16.5. The fraction of sp³-hybridized carbons (Fsp3) is 0.412. The molecule has 1 aliphatic carbocycles. The Hall–Kier alpha value is -2.14. The molecule has 0 aliphatic heterocycles. The van der Waals surface area contributed by atoms with Crippen molar-refractivity contribution in [1.29, 1.82) is 0 Å². The quantitative estimate of drug-likeness (QED) is 0.855. The third-order valence-corrected chi connectivity index (χ3v) is 3.79. The molecule has 1 atom stereocenters. The molecule has 1 fully saturated rings. The molecule has 1 aliphatic rings. The highest BCUT2D eigenvalue weighted by Crippen LogP contribution is 2.29. The van der Waals surface area contributed by atoms with Gasteiger partial charge in [0.25, 0.3) is 5.91 Å². The summed E-state index contributed by atoms with van der Waals surface area (Å²) in [7, 11) is 0. The number of imidazole rings is 1. The number of aromatic nitrogens is 2. The molecule has 5 nitrogen and oxygen atoms in total. The molecule has 1 N–H and O–H groups in total. The first kappa shape index (κ1) is 14.8. The van der Waals surface area contributed by atoms with Crippen molar-refractivity contribution in [2.75, 3.05) is 11.9 Å². The summed E-state index contributed by atoms with van der Waals surface area (Å²) in [4.78, 5) is 16.4. The van der Waals surface area contributed by atoms with Gasteiger partial charge >= 0.3 is 0 Å². The monoisotopic (exact) mass is 299 g/mol. The molecule has 1 aromatic carbocycles. The maximum Gasteiger partial charge on any atom is 0.255 e. The summed E-state index contributed by atoms with van der Waals surface area (Å²) in [5.41, 5.74) is 1.16. The van der Waals surface area contributed by atoms with Crippen molar-refractivity contribution in [3.05, 3.63) is 48.3 Å². The fourth-order valence-corrected chi connectivity index (χ4v) is 2.19. The van der Waals surface area contributed by atoms with E-state index in [0.717, 1.165) is 5.56 Å². The van der Waals surface area contributed by atoms with Crippen LogP contribution in [0.2, 0.25) is 0 Å². The molecule has 0 saturated heterocycles. The summed E-state index contributed by atoms with van der Waals surface area (Å²) in [6.07, 6.45) is 5.53. The summed E-state index contributed by atoms with van der Waals surface area (Å²) in [5, 5.41) is 2.84. The van der Waals surface area contributed by atoms with Crippen LogP contribution < -0.4 is 5.32 Å². The fourth-order valence-electron chi connectivity index (χ4n) is 2.19. The number of amides is 1. The van der Waals surface area contributed by atoms with E-state index in [1.165, 1.54) is 12.8 Å². The topological polar surface area (TPSA) is 56.1 Å². The molecule has 0 radical (unpaired) electrons. The van der Waals surface area contributed by atoms with E-state index in [4.69, 9.17) is 4.74 Å². The number of rotatable bonds is 7. The van der Waals surface area contributed by atoms with Gasteiger partial charge in [-0.15, -0.1) is 0 Å². The van der Waals surface area contributed by atoms with Gasteiger partial charge in [0.05, 0.1) is 13.2 Å². The molecule has 116 valence electrons. The van der Waals surface area contributed by atoms with Crippen molar-refractivity contribution in [3.63, 3.8) is 0 Å². The maximum atomic E-state index is 12.2. The number of nitrogens with zero attached hydrogens (tertiary/aromatic N) is 2. The molecule has 1 saturated carbocycles. The lowest BCUT2D eigenvalue weighted by Gasteiger charge is -2.14. The molecule has 22 heavy (non-hydrogen) atoms. The Morgan fingerprint density at radius 2 is 2.18 bits per heavy atom. The molecule has 5 heteroatoms. The number of carbonyl (C=O) groups is 1. The lowest BCUT2D eigenvalue weighted by Crippen LogP contribution is -2.29. The van der Waals surface area contributed by atoms with Crippen LogP contribution >= 0.6 is 0 Å². The molecule has 0 spiro atoms. The van der Waals surface area contributed by atoms with Gasteiger partial charge in [0.2, 0.25) is 5.95 Å². The van der Waals surface area contributed by atoms with Crippen LogP contribution in [0, 0.1) is 5.92 Å². The van der Waals surface area contributed by atoms with E-state index in [-0.39, 0.29) is 5.91 Å². The van der Waals surface area contributed by atoms with E-state index in [0.29, 0.717) is 25.0 Å². The van der Waals surface area contributed by atoms with Crippen LogP contribution in [0.15, 0.2) is 42.7 Å². The summed E-state index contributed by atoms with van der Waals surface area (Å²) >= 11 is 0. The van der Waals surface area contributed by atoms with Crippen LogP contribution in [0.25, 0.3) is 0 Å². The minimum Gasteiger partial charge on any atom is -0.368 e. The van der Waals surface area contributed by atoms with Crippen LogP contribution in [-0.2, 0) is 16.1 Å². The van der Waals surface area contributed by atoms with Crippen molar-refractivity contribution in [1.82, 2.24) is 9.55 Å². The Labute approximate surface area is 130 Å². The van der Waals surface area contributed by atoms with Crippen molar-refractivity contribution in [3.8, 4) is 0 Å². The number of hydrogen-bond acceptors (Lipinski definition) is 3. The molecule has 0 unspecified atom stereocenters. The second kappa shape index (κ2) is 6.75. The van der Waals surface area contributed by atoms with E-state index in [1.807, 2.05) is 41.1 Å². The zero-order valence-corrected chi connectivity index (χ0v) is 12.7. The average Bonchev–Trinajstić information content (AvgIpc) is 3.27. The van der Waals surface area contributed by atoms with Gasteiger partial charge in [-0.3, -0.25) is 10.1 Å². The smallest absolute Gasteiger partial charge is 0.255 e. The van der Waals surface area contributed by atoms with Crippen molar-refractivity contribution in [2.24, 2.45) is 5.92 Å². The van der Waals surface area contributed by atoms with Crippen molar-refractivity contribution in [2.45, 2.75) is 32.4 Å². The zero-order chi connectivity index (χ0) is 15.4. The average molecular weight is 299 g/mol. The lowest BCUT2D eigenvalue weighted by molar-refractivity contribution is -0.126. The molecule has 2 aromatic rings. The Bertz CT molecular complexity index is 620.